The minimum Gasteiger partial charge on any atom is -0.389 e. The van der Waals surface area contributed by atoms with Crippen LogP contribution in [0.3, 0.4) is 0 Å². The van der Waals surface area contributed by atoms with Gasteiger partial charge in [0.1, 0.15) is 0 Å². The predicted octanol–water partition coefficient (Wildman–Crippen LogP) is 0.811. The van der Waals surface area contributed by atoms with Crippen LogP contribution in [-0.4, -0.2) is 49.0 Å². The van der Waals surface area contributed by atoms with Crippen molar-refractivity contribution in [2.24, 2.45) is 5.92 Å². The van der Waals surface area contributed by atoms with Gasteiger partial charge in [-0.1, -0.05) is 19.8 Å². The highest BCUT2D eigenvalue weighted by molar-refractivity contribution is 5.78. The fourth-order valence-corrected chi connectivity index (χ4v) is 3.09. The van der Waals surface area contributed by atoms with Crippen molar-refractivity contribution in [1.82, 2.24) is 10.6 Å². The Kier molecular flexibility index (Phi) is 6.26. The summed E-state index contributed by atoms with van der Waals surface area (Å²) in [5.74, 6) is 0.877. The Labute approximate surface area is 121 Å². The number of aliphatic hydroxyl groups is 1. The van der Waals surface area contributed by atoms with Crippen molar-refractivity contribution in [1.29, 1.82) is 0 Å². The van der Waals surface area contributed by atoms with Crippen molar-refractivity contribution in [3.8, 4) is 0 Å². The van der Waals surface area contributed by atoms with E-state index < -0.39 is 6.10 Å². The first-order valence-electron chi connectivity index (χ1n) is 7.93. The molecule has 2 rings (SSSR count). The van der Waals surface area contributed by atoms with E-state index in [9.17, 15) is 9.90 Å². The molecule has 5 heteroatoms. The molecule has 1 heterocycles. The molecular formula is C15H28N2O3. The van der Waals surface area contributed by atoms with Crippen LogP contribution in [0, 0.1) is 5.92 Å². The van der Waals surface area contributed by atoms with Gasteiger partial charge in [-0.2, -0.15) is 0 Å². The standard InChI is InChI=1S/C15H28N2O3/c1-11-3-2-4-14(7-11)20-10-13(18)9-16-8-12-5-6-15(19)17-12/h11-14,16,18H,2-10H2,1H3,(H,17,19). The number of aliphatic hydroxyl groups excluding tert-OH is 1. The summed E-state index contributed by atoms with van der Waals surface area (Å²) in [4.78, 5) is 11.0. The number of carbonyl (C=O) groups is 1. The van der Waals surface area contributed by atoms with Crippen molar-refractivity contribution < 1.29 is 14.6 Å². The summed E-state index contributed by atoms with van der Waals surface area (Å²) in [6.45, 7) is 3.92. The molecule has 1 aliphatic heterocycles. The topological polar surface area (TPSA) is 70.6 Å². The molecule has 0 aromatic carbocycles. The van der Waals surface area contributed by atoms with Crippen LogP contribution in [0.5, 0.6) is 0 Å². The van der Waals surface area contributed by atoms with Gasteiger partial charge >= 0.3 is 0 Å². The van der Waals surface area contributed by atoms with Gasteiger partial charge in [-0.05, 0) is 25.2 Å². The number of ether oxygens (including phenoxy) is 1. The van der Waals surface area contributed by atoms with Gasteiger partial charge in [0.25, 0.3) is 0 Å². The van der Waals surface area contributed by atoms with E-state index in [1.807, 2.05) is 0 Å². The van der Waals surface area contributed by atoms with Gasteiger partial charge in [0.2, 0.25) is 5.91 Å². The van der Waals surface area contributed by atoms with Gasteiger partial charge < -0.3 is 20.5 Å². The normalized spacial score (nSPS) is 32.1. The van der Waals surface area contributed by atoms with Crippen LogP contribution < -0.4 is 10.6 Å². The maximum Gasteiger partial charge on any atom is 0.220 e. The van der Waals surface area contributed by atoms with Crippen LogP contribution in [0.4, 0.5) is 0 Å². The lowest BCUT2D eigenvalue weighted by molar-refractivity contribution is -0.119. The van der Waals surface area contributed by atoms with E-state index >= 15 is 0 Å². The average molecular weight is 284 g/mol. The molecule has 0 bridgehead atoms. The Hall–Kier alpha value is -0.650. The Balaban J connectivity index is 1.51. The fraction of sp³-hybridized carbons (Fsp3) is 0.933. The summed E-state index contributed by atoms with van der Waals surface area (Å²) >= 11 is 0. The van der Waals surface area contributed by atoms with Crippen molar-refractivity contribution in [2.75, 3.05) is 19.7 Å². The first kappa shape index (κ1) is 15.7. The molecule has 1 amide bonds. The smallest absolute Gasteiger partial charge is 0.220 e. The van der Waals surface area contributed by atoms with Gasteiger partial charge in [0, 0.05) is 25.6 Å². The van der Waals surface area contributed by atoms with E-state index in [2.05, 4.69) is 17.6 Å². The number of amides is 1. The Morgan fingerprint density at radius 2 is 2.30 bits per heavy atom. The second-order valence-corrected chi connectivity index (χ2v) is 6.34. The molecular weight excluding hydrogens is 256 g/mol. The molecule has 1 saturated heterocycles. The van der Waals surface area contributed by atoms with E-state index in [1.165, 1.54) is 12.8 Å². The van der Waals surface area contributed by atoms with Crippen LogP contribution >= 0.6 is 0 Å². The third-order valence-electron chi connectivity index (χ3n) is 4.27. The summed E-state index contributed by atoms with van der Waals surface area (Å²) in [6.07, 6.45) is 6.15. The van der Waals surface area contributed by atoms with Crippen LogP contribution in [0.2, 0.25) is 0 Å². The molecule has 2 aliphatic rings. The monoisotopic (exact) mass is 284 g/mol. The molecule has 3 N–H and O–H groups in total. The van der Waals surface area contributed by atoms with Crippen molar-refractivity contribution >= 4 is 5.91 Å². The Bertz CT molecular complexity index is 311. The SMILES string of the molecule is CC1CCCC(OCC(O)CNCC2CCC(=O)N2)C1. The minimum atomic E-state index is -0.468. The number of hydrogen-bond donors (Lipinski definition) is 3. The zero-order valence-corrected chi connectivity index (χ0v) is 12.4. The lowest BCUT2D eigenvalue weighted by atomic mass is 9.89. The maximum atomic E-state index is 11.0. The van der Waals surface area contributed by atoms with Crippen molar-refractivity contribution in [3.63, 3.8) is 0 Å². The molecule has 2 fully saturated rings. The Morgan fingerprint density at radius 1 is 1.45 bits per heavy atom. The highest BCUT2D eigenvalue weighted by Crippen LogP contribution is 2.25. The summed E-state index contributed by atoms with van der Waals surface area (Å²) in [7, 11) is 0. The third kappa shape index (κ3) is 5.38. The van der Waals surface area contributed by atoms with Crippen LogP contribution in [-0.2, 0) is 9.53 Å². The van der Waals surface area contributed by atoms with E-state index in [0.717, 1.165) is 31.7 Å². The first-order chi connectivity index (χ1) is 9.63. The number of nitrogens with one attached hydrogen (secondary N) is 2. The largest absolute Gasteiger partial charge is 0.389 e. The van der Waals surface area contributed by atoms with Crippen molar-refractivity contribution in [2.45, 2.75) is 63.7 Å². The van der Waals surface area contributed by atoms with Crippen molar-refractivity contribution in [3.05, 3.63) is 0 Å². The molecule has 1 aliphatic carbocycles. The molecule has 0 spiro atoms. The number of rotatable bonds is 7. The molecule has 0 aromatic heterocycles. The molecule has 5 nitrogen and oxygen atoms in total. The zero-order valence-electron chi connectivity index (χ0n) is 12.4. The van der Waals surface area contributed by atoms with Crippen LogP contribution in [0.1, 0.15) is 45.4 Å². The summed E-state index contributed by atoms with van der Waals surface area (Å²) < 4.78 is 5.79. The Morgan fingerprint density at radius 3 is 3.00 bits per heavy atom. The molecule has 0 aromatic rings. The lowest BCUT2D eigenvalue weighted by Gasteiger charge is -2.27. The van der Waals surface area contributed by atoms with Gasteiger partial charge in [-0.3, -0.25) is 4.79 Å². The summed E-state index contributed by atoms with van der Waals surface area (Å²) in [5.41, 5.74) is 0. The molecule has 0 radical (unpaired) electrons. The molecule has 116 valence electrons. The lowest BCUT2D eigenvalue weighted by Crippen LogP contribution is -2.40. The zero-order chi connectivity index (χ0) is 14.4. The number of carbonyl (C=O) groups excluding carboxylic acids is 1. The summed E-state index contributed by atoms with van der Waals surface area (Å²) in [6, 6.07) is 0.217. The maximum absolute atomic E-state index is 11.0. The van der Waals surface area contributed by atoms with E-state index in [1.54, 1.807) is 0 Å². The van der Waals surface area contributed by atoms with Gasteiger partial charge in [-0.15, -0.1) is 0 Å². The molecule has 4 unspecified atom stereocenters. The molecule has 20 heavy (non-hydrogen) atoms. The fourth-order valence-electron chi connectivity index (χ4n) is 3.09. The molecule has 4 atom stereocenters. The second-order valence-electron chi connectivity index (χ2n) is 6.34. The van der Waals surface area contributed by atoms with Gasteiger partial charge in [0.15, 0.2) is 0 Å². The second kappa shape index (κ2) is 7.96. The average Bonchev–Trinajstić information content (AvgIpc) is 2.82. The summed E-state index contributed by atoms with van der Waals surface area (Å²) in [5, 5.41) is 16.0. The highest BCUT2D eigenvalue weighted by Gasteiger charge is 2.21. The minimum absolute atomic E-state index is 0.132. The van der Waals surface area contributed by atoms with Gasteiger partial charge in [0.05, 0.1) is 18.8 Å². The number of hydrogen-bond acceptors (Lipinski definition) is 4. The highest BCUT2D eigenvalue weighted by atomic mass is 16.5. The van der Waals surface area contributed by atoms with Gasteiger partial charge in [-0.25, -0.2) is 0 Å². The predicted molar refractivity (Wildman–Crippen MR) is 77.4 cm³/mol. The van der Waals surface area contributed by atoms with E-state index in [0.29, 0.717) is 25.7 Å². The first-order valence-corrected chi connectivity index (χ1v) is 7.93. The van der Waals surface area contributed by atoms with E-state index in [4.69, 9.17) is 4.74 Å². The van der Waals surface area contributed by atoms with Crippen LogP contribution in [0.25, 0.3) is 0 Å². The third-order valence-corrected chi connectivity index (χ3v) is 4.27. The quantitative estimate of drug-likeness (QED) is 0.647. The van der Waals surface area contributed by atoms with Crippen LogP contribution in [0.15, 0.2) is 0 Å². The molecule has 1 saturated carbocycles. The van der Waals surface area contributed by atoms with E-state index in [-0.39, 0.29) is 11.9 Å².